The standard InChI is InChI=1S/C6H7Cl2NS2/c1-2-3-10-6-9-4(7)5(8)11-6/h2-3H2,1H3. The van der Waals surface area contributed by atoms with E-state index in [0.717, 1.165) is 16.5 Å². The van der Waals surface area contributed by atoms with Crippen LogP contribution in [0.3, 0.4) is 0 Å². The zero-order valence-corrected chi connectivity index (χ0v) is 9.08. The number of halogens is 2. The molecule has 1 rings (SSSR count). The third kappa shape index (κ3) is 2.82. The van der Waals surface area contributed by atoms with Crippen molar-refractivity contribution in [2.75, 3.05) is 5.75 Å². The van der Waals surface area contributed by atoms with Gasteiger partial charge < -0.3 is 0 Å². The van der Waals surface area contributed by atoms with Crippen LogP contribution in [0.1, 0.15) is 13.3 Å². The number of thiazole rings is 1. The third-order valence-electron chi connectivity index (χ3n) is 0.958. The maximum Gasteiger partial charge on any atom is 0.160 e. The van der Waals surface area contributed by atoms with Gasteiger partial charge in [-0.3, -0.25) is 0 Å². The summed E-state index contributed by atoms with van der Waals surface area (Å²) in [6.45, 7) is 2.13. The van der Waals surface area contributed by atoms with Gasteiger partial charge in [-0.15, -0.1) is 0 Å². The summed E-state index contributed by atoms with van der Waals surface area (Å²) in [6, 6.07) is 0. The molecule has 0 saturated heterocycles. The number of aromatic nitrogens is 1. The molecule has 0 radical (unpaired) electrons. The van der Waals surface area contributed by atoms with E-state index in [2.05, 4.69) is 11.9 Å². The van der Waals surface area contributed by atoms with Gasteiger partial charge in [0.05, 0.1) is 0 Å². The van der Waals surface area contributed by atoms with Crippen molar-refractivity contribution >= 4 is 46.3 Å². The molecule has 1 aromatic rings. The van der Waals surface area contributed by atoms with Gasteiger partial charge in [-0.1, -0.05) is 53.2 Å². The van der Waals surface area contributed by atoms with Crippen molar-refractivity contribution in [2.24, 2.45) is 0 Å². The zero-order chi connectivity index (χ0) is 8.27. The van der Waals surface area contributed by atoms with Crippen LogP contribution in [0.2, 0.25) is 9.49 Å². The molecule has 0 unspecified atom stereocenters. The highest BCUT2D eigenvalue weighted by atomic mass is 35.5. The molecule has 0 bridgehead atoms. The molecule has 0 atom stereocenters. The summed E-state index contributed by atoms with van der Waals surface area (Å²) in [6.07, 6.45) is 1.14. The molecule has 0 fully saturated rings. The Balaban J connectivity index is 2.58. The second-order valence-corrected chi connectivity index (χ2v) is 5.19. The van der Waals surface area contributed by atoms with Gasteiger partial charge in [0.1, 0.15) is 4.34 Å². The molecule has 62 valence electrons. The first-order valence-electron chi connectivity index (χ1n) is 3.18. The Morgan fingerprint density at radius 2 is 2.27 bits per heavy atom. The summed E-state index contributed by atoms with van der Waals surface area (Å²) in [5.74, 6) is 1.07. The molecule has 0 aromatic carbocycles. The molecule has 5 heteroatoms. The van der Waals surface area contributed by atoms with Crippen LogP contribution in [-0.4, -0.2) is 10.7 Å². The van der Waals surface area contributed by atoms with Gasteiger partial charge in [0.2, 0.25) is 0 Å². The number of nitrogens with zero attached hydrogens (tertiary/aromatic N) is 1. The number of hydrogen-bond acceptors (Lipinski definition) is 3. The maximum atomic E-state index is 5.72. The minimum Gasteiger partial charge on any atom is -0.216 e. The van der Waals surface area contributed by atoms with E-state index in [4.69, 9.17) is 23.2 Å². The summed E-state index contributed by atoms with van der Waals surface area (Å²) in [5, 5.41) is 0.426. The van der Waals surface area contributed by atoms with Crippen molar-refractivity contribution in [3.05, 3.63) is 9.49 Å². The number of hydrogen-bond donors (Lipinski definition) is 0. The van der Waals surface area contributed by atoms with Gasteiger partial charge in [0, 0.05) is 5.75 Å². The Kier molecular flexibility index (Phi) is 3.99. The van der Waals surface area contributed by atoms with Crippen LogP contribution in [0.4, 0.5) is 0 Å². The van der Waals surface area contributed by atoms with Gasteiger partial charge >= 0.3 is 0 Å². The van der Waals surface area contributed by atoms with Gasteiger partial charge in [-0.05, 0) is 6.42 Å². The summed E-state index contributed by atoms with van der Waals surface area (Å²) in [5.41, 5.74) is 0. The van der Waals surface area contributed by atoms with Crippen LogP contribution in [0, 0.1) is 0 Å². The number of rotatable bonds is 3. The fourth-order valence-electron chi connectivity index (χ4n) is 0.517. The SMILES string of the molecule is CCCSc1nc(Cl)c(Cl)s1. The van der Waals surface area contributed by atoms with Crippen LogP contribution in [0.15, 0.2) is 4.34 Å². The molecule has 0 spiro atoms. The topological polar surface area (TPSA) is 12.9 Å². The van der Waals surface area contributed by atoms with E-state index in [1.54, 1.807) is 11.8 Å². The van der Waals surface area contributed by atoms with Gasteiger partial charge in [0.25, 0.3) is 0 Å². The Morgan fingerprint density at radius 3 is 2.73 bits per heavy atom. The Hall–Kier alpha value is 0.560. The quantitative estimate of drug-likeness (QED) is 0.726. The monoisotopic (exact) mass is 227 g/mol. The third-order valence-corrected chi connectivity index (χ3v) is 4.04. The average molecular weight is 228 g/mol. The lowest BCUT2D eigenvalue weighted by molar-refractivity contribution is 1.10. The van der Waals surface area contributed by atoms with E-state index in [1.165, 1.54) is 11.3 Å². The maximum absolute atomic E-state index is 5.72. The highest BCUT2D eigenvalue weighted by molar-refractivity contribution is 8.01. The van der Waals surface area contributed by atoms with Crippen molar-refractivity contribution in [1.29, 1.82) is 0 Å². The first-order chi connectivity index (χ1) is 5.24. The Bertz CT molecular complexity index is 217. The highest BCUT2D eigenvalue weighted by Gasteiger charge is 2.05. The minimum absolute atomic E-state index is 0.426. The smallest absolute Gasteiger partial charge is 0.160 e. The van der Waals surface area contributed by atoms with E-state index >= 15 is 0 Å². The van der Waals surface area contributed by atoms with E-state index in [0.29, 0.717) is 9.49 Å². The van der Waals surface area contributed by atoms with E-state index in [1.807, 2.05) is 0 Å². The highest BCUT2D eigenvalue weighted by Crippen LogP contribution is 2.33. The lowest BCUT2D eigenvalue weighted by atomic mass is 10.6. The predicted molar refractivity (Wildman–Crippen MR) is 53.1 cm³/mol. The molecule has 0 aliphatic rings. The van der Waals surface area contributed by atoms with Gasteiger partial charge in [-0.25, -0.2) is 4.98 Å². The normalized spacial score (nSPS) is 10.5. The van der Waals surface area contributed by atoms with E-state index in [9.17, 15) is 0 Å². The summed E-state index contributed by atoms with van der Waals surface area (Å²) in [4.78, 5) is 4.06. The number of thioether (sulfide) groups is 1. The van der Waals surface area contributed by atoms with Crippen LogP contribution < -0.4 is 0 Å². The van der Waals surface area contributed by atoms with Crippen LogP contribution in [-0.2, 0) is 0 Å². The van der Waals surface area contributed by atoms with Crippen molar-refractivity contribution in [3.8, 4) is 0 Å². The van der Waals surface area contributed by atoms with Gasteiger partial charge in [-0.2, -0.15) is 0 Å². The zero-order valence-electron chi connectivity index (χ0n) is 5.93. The van der Waals surface area contributed by atoms with Gasteiger partial charge in [0.15, 0.2) is 9.49 Å². The molecule has 0 N–H and O–H groups in total. The lowest BCUT2D eigenvalue weighted by Gasteiger charge is -1.89. The molecule has 0 amide bonds. The fraction of sp³-hybridized carbons (Fsp3) is 0.500. The van der Waals surface area contributed by atoms with Crippen LogP contribution in [0.5, 0.6) is 0 Å². The molecule has 1 nitrogen and oxygen atoms in total. The molecular formula is C6H7Cl2NS2. The Morgan fingerprint density at radius 1 is 1.55 bits per heavy atom. The largest absolute Gasteiger partial charge is 0.216 e. The first-order valence-corrected chi connectivity index (χ1v) is 5.74. The summed E-state index contributed by atoms with van der Waals surface area (Å²) in [7, 11) is 0. The first kappa shape index (κ1) is 9.65. The Labute approximate surface area is 84.1 Å². The molecule has 0 saturated carbocycles. The molecular weight excluding hydrogens is 221 g/mol. The fourth-order valence-corrected chi connectivity index (χ4v) is 2.91. The lowest BCUT2D eigenvalue weighted by Crippen LogP contribution is -1.72. The summed E-state index contributed by atoms with van der Waals surface area (Å²) < 4.78 is 1.55. The predicted octanol–water partition coefficient (Wildman–Crippen LogP) is 3.95. The molecule has 1 aromatic heterocycles. The van der Waals surface area contributed by atoms with Crippen molar-refractivity contribution in [2.45, 2.75) is 17.7 Å². The second kappa shape index (κ2) is 4.55. The average Bonchev–Trinajstić information content (AvgIpc) is 2.28. The molecule has 11 heavy (non-hydrogen) atoms. The van der Waals surface area contributed by atoms with E-state index in [-0.39, 0.29) is 0 Å². The molecule has 0 aliphatic carbocycles. The van der Waals surface area contributed by atoms with Crippen molar-refractivity contribution in [3.63, 3.8) is 0 Å². The van der Waals surface area contributed by atoms with E-state index < -0.39 is 0 Å². The minimum atomic E-state index is 0.426. The van der Waals surface area contributed by atoms with Crippen molar-refractivity contribution in [1.82, 2.24) is 4.98 Å². The molecule has 1 heterocycles. The van der Waals surface area contributed by atoms with Crippen LogP contribution in [0.25, 0.3) is 0 Å². The van der Waals surface area contributed by atoms with Crippen LogP contribution >= 0.6 is 46.3 Å². The second-order valence-electron chi connectivity index (χ2n) is 1.89. The molecule has 0 aliphatic heterocycles. The summed E-state index contributed by atoms with van der Waals surface area (Å²) >= 11 is 14.5. The van der Waals surface area contributed by atoms with Crippen molar-refractivity contribution < 1.29 is 0 Å².